The number of halogens is 1. The standard InChI is InChI=1S/C32H40ClN3O5S/c1-5-24(4)34-32(38)28(6-2)35(22-21-25-13-9-8-10-14-25)31(37)23-36(29-15-11-12-16-30(29)41-7-3)42(39,40)27-19-17-26(33)18-20-27/h8-20,24,28H,5-7,21-23H2,1-4H3,(H,34,38)/t24-,28+/m1/s1. The first-order valence-corrected chi connectivity index (χ1v) is 16.1. The predicted octanol–water partition coefficient (Wildman–Crippen LogP) is 5.70. The summed E-state index contributed by atoms with van der Waals surface area (Å²) in [4.78, 5) is 29.0. The number of sulfonamides is 1. The summed E-state index contributed by atoms with van der Waals surface area (Å²) in [6.07, 6.45) is 1.60. The number of carbonyl (C=O) groups excluding carboxylic acids is 2. The van der Waals surface area contributed by atoms with Crippen LogP contribution < -0.4 is 14.4 Å². The number of rotatable bonds is 15. The maximum Gasteiger partial charge on any atom is 0.264 e. The molecule has 0 bridgehead atoms. The van der Waals surface area contributed by atoms with Crippen molar-refractivity contribution in [2.45, 2.75) is 63.9 Å². The lowest BCUT2D eigenvalue weighted by atomic mass is 10.1. The molecule has 42 heavy (non-hydrogen) atoms. The van der Waals surface area contributed by atoms with Gasteiger partial charge in [-0.05, 0) is 75.1 Å². The van der Waals surface area contributed by atoms with Gasteiger partial charge in [-0.2, -0.15) is 0 Å². The lowest BCUT2D eigenvalue weighted by Gasteiger charge is -2.34. The Labute approximate surface area is 254 Å². The zero-order valence-electron chi connectivity index (χ0n) is 24.6. The smallest absolute Gasteiger partial charge is 0.264 e. The van der Waals surface area contributed by atoms with E-state index in [9.17, 15) is 18.0 Å². The van der Waals surface area contributed by atoms with Gasteiger partial charge in [-0.25, -0.2) is 8.42 Å². The Morgan fingerprint density at radius 2 is 1.55 bits per heavy atom. The summed E-state index contributed by atoms with van der Waals surface area (Å²) in [5.74, 6) is -0.446. The molecule has 8 nitrogen and oxygen atoms in total. The van der Waals surface area contributed by atoms with Gasteiger partial charge in [-0.1, -0.05) is 67.9 Å². The molecule has 0 radical (unpaired) electrons. The van der Waals surface area contributed by atoms with Gasteiger partial charge < -0.3 is 15.0 Å². The van der Waals surface area contributed by atoms with Crippen LogP contribution in [0.1, 0.15) is 46.1 Å². The van der Waals surface area contributed by atoms with Crippen molar-refractivity contribution >= 4 is 39.1 Å². The molecule has 0 aliphatic heterocycles. The summed E-state index contributed by atoms with van der Waals surface area (Å²) < 4.78 is 35.0. The van der Waals surface area contributed by atoms with Crippen LogP contribution in [0, 0.1) is 0 Å². The average Bonchev–Trinajstić information content (AvgIpc) is 2.99. The second kappa shape index (κ2) is 15.6. The largest absolute Gasteiger partial charge is 0.492 e. The molecule has 2 amide bonds. The van der Waals surface area contributed by atoms with Crippen LogP contribution in [-0.2, 0) is 26.0 Å². The third kappa shape index (κ3) is 8.49. The third-order valence-electron chi connectivity index (χ3n) is 6.99. The predicted molar refractivity (Wildman–Crippen MR) is 167 cm³/mol. The molecule has 0 fully saturated rings. The Kier molecular flexibility index (Phi) is 12.2. The van der Waals surface area contributed by atoms with Crippen LogP contribution in [0.4, 0.5) is 5.69 Å². The Balaban J connectivity index is 2.06. The number of hydrogen-bond acceptors (Lipinski definition) is 5. The topological polar surface area (TPSA) is 96.0 Å². The van der Waals surface area contributed by atoms with Crippen molar-refractivity contribution < 1.29 is 22.7 Å². The highest BCUT2D eigenvalue weighted by Gasteiger charge is 2.34. The van der Waals surface area contributed by atoms with Crippen LogP contribution >= 0.6 is 11.6 Å². The van der Waals surface area contributed by atoms with E-state index < -0.39 is 28.5 Å². The van der Waals surface area contributed by atoms with Crippen LogP contribution in [0.5, 0.6) is 5.75 Å². The van der Waals surface area contributed by atoms with Crippen molar-refractivity contribution in [3.63, 3.8) is 0 Å². The van der Waals surface area contributed by atoms with E-state index in [4.69, 9.17) is 16.3 Å². The van der Waals surface area contributed by atoms with Crippen molar-refractivity contribution in [2.24, 2.45) is 0 Å². The number of nitrogens with one attached hydrogen (secondary N) is 1. The number of carbonyl (C=O) groups is 2. The number of para-hydroxylation sites is 2. The second-order valence-corrected chi connectivity index (χ2v) is 12.2. The maximum absolute atomic E-state index is 14.2. The van der Waals surface area contributed by atoms with Crippen molar-refractivity contribution in [3.8, 4) is 5.75 Å². The van der Waals surface area contributed by atoms with Gasteiger partial charge in [-0.3, -0.25) is 13.9 Å². The van der Waals surface area contributed by atoms with E-state index in [0.29, 0.717) is 30.2 Å². The molecule has 0 aromatic heterocycles. The lowest BCUT2D eigenvalue weighted by molar-refractivity contribution is -0.139. The van der Waals surface area contributed by atoms with E-state index >= 15 is 0 Å². The fourth-order valence-electron chi connectivity index (χ4n) is 4.52. The quantitative estimate of drug-likeness (QED) is 0.237. The number of nitrogens with zero attached hydrogens (tertiary/aromatic N) is 2. The van der Waals surface area contributed by atoms with Gasteiger partial charge in [0.15, 0.2) is 0 Å². The summed E-state index contributed by atoms with van der Waals surface area (Å²) in [6, 6.07) is 21.3. The minimum atomic E-state index is -4.24. The Bertz CT molecular complexity index is 1420. The molecule has 0 heterocycles. The normalized spacial score (nSPS) is 12.7. The molecule has 3 aromatic rings. The van der Waals surface area contributed by atoms with Gasteiger partial charge in [0.2, 0.25) is 11.8 Å². The highest BCUT2D eigenvalue weighted by molar-refractivity contribution is 7.92. The molecular weight excluding hydrogens is 574 g/mol. The van der Waals surface area contributed by atoms with Gasteiger partial charge in [0, 0.05) is 17.6 Å². The maximum atomic E-state index is 14.2. The van der Waals surface area contributed by atoms with Crippen LogP contribution in [0.15, 0.2) is 83.8 Å². The first kappa shape index (κ1) is 32.9. The fraction of sp³-hybridized carbons (Fsp3) is 0.375. The zero-order chi connectivity index (χ0) is 30.7. The molecule has 0 saturated carbocycles. The Morgan fingerprint density at radius 3 is 2.17 bits per heavy atom. The number of amides is 2. The van der Waals surface area contributed by atoms with E-state index in [1.165, 1.54) is 29.2 Å². The van der Waals surface area contributed by atoms with Gasteiger partial charge in [0.1, 0.15) is 18.3 Å². The molecule has 226 valence electrons. The fourth-order valence-corrected chi connectivity index (χ4v) is 6.08. The van der Waals surface area contributed by atoms with Crippen LogP contribution in [0.25, 0.3) is 0 Å². The molecule has 2 atom stereocenters. The summed E-state index contributed by atoms with van der Waals surface area (Å²) in [5, 5.41) is 3.37. The molecule has 0 aliphatic carbocycles. The monoisotopic (exact) mass is 613 g/mol. The second-order valence-electron chi connectivity index (χ2n) is 9.93. The van der Waals surface area contributed by atoms with Crippen molar-refractivity contribution in [1.82, 2.24) is 10.2 Å². The Morgan fingerprint density at radius 1 is 0.905 bits per heavy atom. The molecule has 1 N–H and O–H groups in total. The first-order chi connectivity index (χ1) is 20.1. The van der Waals surface area contributed by atoms with Gasteiger partial charge in [0.25, 0.3) is 10.0 Å². The van der Waals surface area contributed by atoms with Crippen molar-refractivity contribution in [3.05, 3.63) is 89.4 Å². The van der Waals surface area contributed by atoms with Crippen LogP contribution in [0.2, 0.25) is 5.02 Å². The lowest BCUT2D eigenvalue weighted by Crippen LogP contribution is -2.54. The minimum Gasteiger partial charge on any atom is -0.492 e. The number of anilines is 1. The number of hydrogen-bond donors (Lipinski definition) is 1. The van der Waals surface area contributed by atoms with Gasteiger partial charge in [-0.15, -0.1) is 0 Å². The molecule has 3 aromatic carbocycles. The third-order valence-corrected chi connectivity index (χ3v) is 9.01. The Hall–Kier alpha value is -3.56. The molecule has 0 saturated heterocycles. The molecule has 0 unspecified atom stereocenters. The van der Waals surface area contributed by atoms with Gasteiger partial charge >= 0.3 is 0 Å². The van der Waals surface area contributed by atoms with Crippen LogP contribution in [0.3, 0.4) is 0 Å². The number of benzene rings is 3. The van der Waals surface area contributed by atoms with E-state index in [1.54, 1.807) is 31.2 Å². The van der Waals surface area contributed by atoms with E-state index in [2.05, 4.69) is 5.32 Å². The SMILES string of the molecule is CCOc1ccccc1N(CC(=O)N(CCc1ccccc1)[C@@H](CC)C(=O)N[C@H](C)CC)S(=O)(=O)c1ccc(Cl)cc1. The van der Waals surface area contributed by atoms with Crippen molar-refractivity contribution in [2.75, 3.05) is 24.0 Å². The van der Waals surface area contributed by atoms with E-state index in [0.717, 1.165) is 16.3 Å². The molecule has 0 aliphatic rings. The van der Waals surface area contributed by atoms with E-state index in [-0.39, 0.29) is 29.1 Å². The number of ether oxygens (including phenoxy) is 1. The highest BCUT2D eigenvalue weighted by atomic mass is 35.5. The average molecular weight is 614 g/mol. The summed E-state index contributed by atoms with van der Waals surface area (Å²) in [6.45, 7) is 7.53. The summed E-state index contributed by atoms with van der Waals surface area (Å²) in [5.41, 5.74) is 1.22. The molecule has 3 rings (SSSR count). The van der Waals surface area contributed by atoms with E-state index in [1.807, 2.05) is 51.1 Å². The first-order valence-electron chi connectivity index (χ1n) is 14.3. The van der Waals surface area contributed by atoms with Crippen molar-refractivity contribution in [1.29, 1.82) is 0 Å². The molecular formula is C32H40ClN3O5S. The van der Waals surface area contributed by atoms with Crippen LogP contribution in [-0.4, -0.2) is 56.9 Å². The minimum absolute atomic E-state index is 0.0246. The molecule has 0 spiro atoms. The molecule has 10 heteroatoms. The van der Waals surface area contributed by atoms with Gasteiger partial charge in [0.05, 0.1) is 17.2 Å². The highest BCUT2D eigenvalue weighted by Crippen LogP contribution is 2.33. The summed E-state index contributed by atoms with van der Waals surface area (Å²) in [7, 11) is -4.24. The zero-order valence-corrected chi connectivity index (χ0v) is 26.2. The summed E-state index contributed by atoms with van der Waals surface area (Å²) >= 11 is 6.04.